The van der Waals surface area contributed by atoms with Crippen LogP contribution in [0.1, 0.15) is 41.6 Å². The molecule has 1 amide bonds. The van der Waals surface area contributed by atoms with Crippen molar-refractivity contribution in [3.63, 3.8) is 0 Å². The molecule has 2 rings (SSSR count). The summed E-state index contributed by atoms with van der Waals surface area (Å²) in [7, 11) is 0. The number of alkyl halides is 1. The summed E-state index contributed by atoms with van der Waals surface area (Å²) in [5.74, 6) is 0.327. The first-order valence-corrected chi connectivity index (χ1v) is 7.58. The van der Waals surface area contributed by atoms with Crippen LogP contribution in [0.25, 0.3) is 0 Å². The third-order valence-electron chi connectivity index (χ3n) is 3.79. The van der Waals surface area contributed by atoms with Gasteiger partial charge in [-0.05, 0) is 43.4 Å². The minimum atomic E-state index is -0.0607. The molecule has 0 aliphatic heterocycles. The summed E-state index contributed by atoms with van der Waals surface area (Å²) in [6.07, 6.45) is 4.56. The minimum Gasteiger partial charge on any atom is -0.352 e. The van der Waals surface area contributed by atoms with E-state index in [0.717, 1.165) is 18.4 Å². The van der Waals surface area contributed by atoms with Crippen molar-refractivity contribution >= 4 is 29.1 Å². The Morgan fingerprint density at radius 1 is 1.37 bits per heavy atom. The van der Waals surface area contributed by atoms with Crippen LogP contribution in [0.5, 0.6) is 0 Å². The van der Waals surface area contributed by atoms with Crippen LogP contribution < -0.4 is 5.32 Å². The van der Waals surface area contributed by atoms with Crippen LogP contribution in [0, 0.1) is 12.8 Å². The Hall–Kier alpha value is -0.730. The summed E-state index contributed by atoms with van der Waals surface area (Å²) >= 11 is 12.2. The van der Waals surface area contributed by atoms with Crippen LogP contribution in [-0.2, 0) is 0 Å². The number of aryl methyl sites for hydroxylation is 1. The predicted molar refractivity (Wildman–Crippen MR) is 80.1 cm³/mol. The Labute approximate surface area is 124 Å². The standard InChI is InChI=1S/C15H19Cl2NO/c1-10-6-7-12(16)8-13(10)15(19)18-9-11-4-2-3-5-14(11)17/h6-8,11,14H,2-5,9H2,1H3,(H,18,19). The van der Waals surface area contributed by atoms with Crippen molar-refractivity contribution < 1.29 is 4.79 Å². The van der Waals surface area contributed by atoms with Crippen LogP contribution in [0.4, 0.5) is 0 Å². The highest BCUT2D eigenvalue weighted by Crippen LogP contribution is 2.28. The molecule has 0 heterocycles. The van der Waals surface area contributed by atoms with E-state index in [1.807, 2.05) is 13.0 Å². The molecule has 2 nitrogen and oxygen atoms in total. The quantitative estimate of drug-likeness (QED) is 0.834. The lowest BCUT2D eigenvalue weighted by Gasteiger charge is -2.27. The number of benzene rings is 1. The number of rotatable bonds is 3. The van der Waals surface area contributed by atoms with E-state index in [1.165, 1.54) is 12.8 Å². The molecule has 2 unspecified atom stereocenters. The normalized spacial score (nSPS) is 23.1. The SMILES string of the molecule is Cc1ccc(Cl)cc1C(=O)NCC1CCCCC1Cl. The molecule has 1 saturated carbocycles. The molecule has 0 radical (unpaired) electrons. The summed E-state index contributed by atoms with van der Waals surface area (Å²) in [6, 6.07) is 5.37. The zero-order chi connectivity index (χ0) is 13.8. The number of carbonyl (C=O) groups is 1. The summed E-state index contributed by atoms with van der Waals surface area (Å²) in [6.45, 7) is 2.56. The van der Waals surface area contributed by atoms with Gasteiger partial charge in [-0.3, -0.25) is 4.79 Å². The first-order chi connectivity index (χ1) is 9.08. The van der Waals surface area contributed by atoms with Gasteiger partial charge in [-0.25, -0.2) is 0 Å². The van der Waals surface area contributed by atoms with Crippen molar-refractivity contribution in [2.45, 2.75) is 38.0 Å². The van der Waals surface area contributed by atoms with Crippen molar-refractivity contribution in [2.75, 3.05) is 6.54 Å². The van der Waals surface area contributed by atoms with E-state index < -0.39 is 0 Å². The third kappa shape index (κ3) is 3.87. The van der Waals surface area contributed by atoms with Gasteiger partial charge in [-0.1, -0.05) is 30.5 Å². The van der Waals surface area contributed by atoms with Gasteiger partial charge in [0.2, 0.25) is 0 Å². The number of carbonyl (C=O) groups excluding carboxylic acids is 1. The summed E-state index contributed by atoms with van der Waals surface area (Å²) in [4.78, 5) is 12.2. The average Bonchev–Trinajstić information content (AvgIpc) is 2.40. The highest BCUT2D eigenvalue weighted by Gasteiger charge is 2.23. The van der Waals surface area contributed by atoms with Gasteiger partial charge in [0.25, 0.3) is 5.91 Å². The number of hydrogen-bond donors (Lipinski definition) is 1. The highest BCUT2D eigenvalue weighted by molar-refractivity contribution is 6.31. The Balaban J connectivity index is 1.95. The Morgan fingerprint density at radius 3 is 2.84 bits per heavy atom. The number of hydrogen-bond acceptors (Lipinski definition) is 1. The fourth-order valence-corrected chi connectivity index (χ4v) is 3.09. The molecule has 0 aromatic heterocycles. The van der Waals surface area contributed by atoms with Crippen molar-refractivity contribution in [2.24, 2.45) is 5.92 Å². The van der Waals surface area contributed by atoms with Crippen LogP contribution in [0.3, 0.4) is 0 Å². The summed E-state index contributed by atoms with van der Waals surface area (Å²) in [5, 5.41) is 3.76. The second-order valence-electron chi connectivity index (χ2n) is 5.23. The lowest BCUT2D eigenvalue weighted by Crippen LogP contribution is -2.35. The fraction of sp³-hybridized carbons (Fsp3) is 0.533. The predicted octanol–water partition coefficient (Wildman–Crippen LogP) is 4.18. The van der Waals surface area contributed by atoms with E-state index in [-0.39, 0.29) is 11.3 Å². The van der Waals surface area contributed by atoms with E-state index in [9.17, 15) is 4.79 Å². The maximum absolute atomic E-state index is 12.2. The van der Waals surface area contributed by atoms with Gasteiger partial charge in [0.05, 0.1) is 0 Å². The molecule has 0 saturated heterocycles. The maximum Gasteiger partial charge on any atom is 0.251 e. The molecule has 1 fully saturated rings. The molecule has 2 atom stereocenters. The highest BCUT2D eigenvalue weighted by atomic mass is 35.5. The van der Waals surface area contributed by atoms with Crippen molar-refractivity contribution in [3.05, 3.63) is 34.3 Å². The summed E-state index contributed by atoms with van der Waals surface area (Å²) < 4.78 is 0. The lowest BCUT2D eigenvalue weighted by atomic mass is 9.88. The Morgan fingerprint density at radius 2 is 2.11 bits per heavy atom. The molecule has 1 aromatic rings. The van der Waals surface area contributed by atoms with Gasteiger partial charge in [-0.15, -0.1) is 11.6 Å². The third-order valence-corrected chi connectivity index (χ3v) is 4.60. The van der Waals surface area contributed by atoms with E-state index in [1.54, 1.807) is 12.1 Å². The molecular formula is C15H19Cl2NO. The van der Waals surface area contributed by atoms with Crippen LogP contribution >= 0.6 is 23.2 Å². The molecule has 0 bridgehead atoms. The lowest BCUT2D eigenvalue weighted by molar-refractivity contribution is 0.0943. The van der Waals surface area contributed by atoms with Crippen molar-refractivity contribution in [1.82, 2.24) is 5.32 Å². The molecule has 1 N–H and O–H groups in total. The second kappa shape index (κ2) is 6.62. The molecule has 4 heteroatoms. The monoisotopic (exact) mass is 299 g/mol. The topological polar surface area (TPSA) is 29.1 Å². The van der Waals surface area contributed by atoms with Gasteiger partial charge >= 0.3 is 0 Å². The molecule has 0 spiro atoms. The molecule has 1 aliphatic rings. The van der Waals surface area contributed by atoms with Gasteiger partial charge in [0.1, 0.15) is 0 Å². The summed E-state index contributed by atoms with van der Waals surface area (Å²) in [5.41, 5.74) is 1.59. The average molecular weight is 300 g/mol. The molecule has 104 valence electrons. The van der Waals surface area contributed by atoms with E-state index in [2.05, 4.69) is 5.32 Å². The smallest absolute Gasteiger partial charge is 0.251 e. The van der Waals surface area contributed by atoms with Gasteiger partial charge < -0.3 is 5.32 Å². The van der Waals surface area contributed by atoms with Gasteiger partial charge in [0.15, 0.2) is 0 Å². The minimum absolute atomic E-state index is 0.0607. The largest absolute Gasteiger partial charge is 0.352 e. The number of halogens is 2. The molecule has 1 aliphatic carbocycles. The van der Waals surface area contributed by atoms with E-state index in [4.69, 9.17) is 23.2 Å². The van der Waals surface area contributed by atoms with Crippen molar-refractivity contribution in [1.29, 1.82) is 0 Å². The zero-order valence-corrected chi connectivity index (χ0v) is 12.6. The van der Waals surface area contributed by atoms with Crippen molar-refractivity contribution in [3.8, 4) is 0 Å². The Bertz CT molecular complexity index is 461. The molecule has 1 aromatic carbocycles. The van der Waals surface area contributed by atoms with Crippen LogP contribution in [0.15, 0.2) is 18.2 Å². The van der Waals surface area contributed by atoms with E-state index >= 15 is 0 Å². The Kier molecular flexibility index (Phi) is 5.12. The molecular weight excluding hydrogens is 281 g/mol. The van der Waals surface area contributed by atoms with Gasteiger partial charge in [-0.2, -0.15) is 0 Å². The number of nitrogens with one attached hydrogen (secondary N) is 1. The zero-order valence-electron chi connectivity index (χ0n) is 11.1. The fourth-order valence-electron chi connectivity index (χ4n) is 2.55. The van der Waals surface area contributed by atoms with E-state index in [0.29, 0.717) is 23.0 Å². The second-order valence-corrected chi connectivity index (χ2v) is 6.23. The maximum atomic E-state index is 12.2. The van der Waals surface area contributed by atoms with Crippen LogP contribution in [-0.4, -0.2) is 17.8 Å². The number of amides is 1. The first-order valence-electron chi connectivity index (χ1n) is 6.76. The van der Waals surface area contributed by atoms with Crippen LogP contribution in [0.2, 0.25) is 5.02 Å². The van der Waals surface area contributed by atoms with Gasteiger partial charge in [0, 0.05) is 22.5 Å². The molecule has 19 heavy (non-hydrogen) atoms. The first kappa shape index (κ1) is 14.7.